The predicted octanol–water partition coefficient (Wildman–Crippen LogP) is 2.86. The molecule has 3 nitrogen and oxygen atoms in total. The Morgan fingerprint density at radius 3 is 2.29 bits per heavy atom. The highest BCUT2D eigenvalue weighted by Gasteiger charge is 2.17. The zero-order valence-corrected chi connectivity index (χ0v) is 9.72. The van der Waals surface area contributed by atoms with Gasteiger partial charge in [0.05, 0.1) is 6.42 Å². The third kappa shape index (κ3) is 6.66. The lowest BCUT2D eigenvalue weighted by molar-refractivity contribution is -0.320. The van der Waals surface area contributed by atoms with Gasteiger partial charge in [0.2, 0.25) is 0 Å². The molecule has 14 heavy (non-hydrogen) atoms. The molecular formula is C11H20O3. The van der Waals surface area contributed by atoms with Crippen molar-refractivity contribution in [2.45, 2.75) is 46.6 Å². The fraction of sp³-hybridized carbons (Fsp3) is 0.727. The SMILES string of the molecule is C=C(C)C(C)CC(=O)OOC(C)(C)C. The van der Waals surface area contributed by atoms with E-state index in [2.05, 4.69) is 11.5 Å². The number of hydrogen-bond donors (Lipinski definition) is 0. The van der Waals surface area contributed by atoms with E-state index in [0.29, 0.717) is 6.42 Å². The van der Waals surface area contributed by atoms with E-state index in [1.54, 1.807) is 0 Å². The zero-order valence-electron chi connectivity index (χ0n) is 9.72. The van der Waals surface area contributed by atoms with Crippen molar-refractivity contribution in [3.63, 3.8) is 0 Å². The normalized spacial score (nSPS) is 13.5. The third-order valence-electron chi connectivity index (χ3n) is 1.70. The summed E-state index contributed by atoms with van der Waals surface area (Å²) in [6.45, 7) is 13.1. The summed E-state index contributed by atoms with van der Waals surface area (Å²) in [5, 5.41) is 0. The molecule has 0 fully saturated rings. The Morgan fingerprint density at radius 2 is 1.93 bits per heavy atom. The standard InChI is InChI=1S/C11H20O3/c1-8(2)9(3)7-10(12)13-14-11(4,5)6/h9H,1,7H2,2-6H3. The monoisotopic (exact) mass is 200 g/mol. The number of carbonyl (C=O) groups is 1. The molecule has 0 N–H and O–H groups in total. The molecule has 0 amide bonds. The first-order valence-corrected chi connectivity index (χ1v) is 4.76. The minimum Gasteiger partial charge on any atom is -0.298 e. The summed E-state index contributed by atoms with van der Waals surface area (Å²) in [6.07, 6.45) is 0.311. The van der Waals surface area contributed by atoms with Crippen LogP contribution in [0.3, 0.4) is 0 Å². The lowest BCUT2D eigenvalue weighted by atomic mass is 10.0. The highest BCUT2D eigenvalue weighted by molar-refractivity contribution is 5.69. The van der Waals surface area contributed by atoms with Crippen molar-refractivity contribution in [2.24, 2.45) is 5.92 Å². The maximum Gasteiger partial charge on any atom is 0.342 e. The molecule has 3 heteroatoms. The lowest BCUT2D eigenvalue weighted by Crippen LogP contribution is -2.22. The van der Waals surface area contributed by atoms with Crippen LogP contribution in [0, 0.1) is 5.92 Å². The molecule has 0 aromatic heterocycles. The van der Waals surface area contributed by atoms with Gasteiger partial charge in [0.1, 0.15) is 5.60 Å². The van der Waals surface area contributed by atoms with Gasteiger partial charge in [0.15, 0.2) is 0 Å². The van der Waals surface area contributed by atoms with Crippen molar-refractivity contribution in [3.05, 3.63) is 12.2 Å². The maximum atomic E-state index is 11.2. The second kappa shape index (κ2) is 5.15. The van der Waals surface area contributed by atoms with E-state index >= 15 is 0 Å². The van der Waals surface area contributed by atoms with Crippen LogP contribution in [0.4, 0.5) is 0 Å². The molecule has 0 heterocycles. The molecule has 0 aromatic rings. The van der Waals surface area contributed by atoms with Crippen LogP contribution < -0.4 is 0 Å². The second-order valence-electron chi connectivity index (χ2n) is 4.60. The summed E-state index contributed by atoms with van der Waals surface area (Å²) < 4.78 is 0. The molecule has 0 aliphatic carbocycles. The van der Waals surface area contributed by atoms with E-state index in [1.807, 2.05) is 34.6 Å². The van der Waals surface area contributed by atoms with Crippen molar-refractivity contribution in [3.8, 4) is 0 Å². The van der Waals surface area contributed by atoms with Crippen LogP contribution in [0.2, 0.25) is 0 Å². The molecule has 0 saturated carbocycles. The molecule has 0 spiro atoms. The van der Waals surface area contributed by atoms with E-state index in [0.717, 1.165) is 5.57 Å². The lowest BCUT2D eigenvalue weighted by Gasteiger charge is -2.17. The van der Waals surface area contributed by atoms with Crippen molar-refractivity contribution in [1.82, 2.24) is 0 Å². The average Bonchev–Trinajstić information content (AvgIpc) is 1.99. The minimum atomic E-state index is -0.456. The Labute approximate surface area is 86.0 Å². The van der Waals surface area contributed by atoms with Gasteiger partial charge >= 0.3 is 5.97 Å². The van der Waals surface area contributed by atoms with Crippen molar-refractivity contribution in [1.29, 1.82) is 0 Å². The van der Waals surface area contributed by atoms with Gasteiger partial charge in [-0.2, -0.15) is 4.89 Å². The zero-order chi connectivity index (χ0) is 11.4. The Bertz CT molecular complexity index is 213. The molecule has 0 rings (SSSR count). The highest BCUT2D eigenvalue weighted by atomic mass is 17.2. The van der Waals surface area contributed by atoms with Crippen LogP contribution in [0.5, 0.6) is 0 Å². The van der Waals surface area contributed by atoms with Crippen LogP contribution in [-0.4, -0.2) is 11.6 Å². The Morgan fingerprint density at radius 1 is 1.43 bits per heavy atom. The molecule has 0 aliphatic rings. The topological polar surface area (TPSA) is 35.5 Å². The Hall–Kier alpha value is -0.830. The van der Waals surface area contributed by atoms with E-state index in [1.165, 1.54) is 0 Å². The summed E-state index contributed by atoms with van der Waals surface area (Å²) in [7, 11) is 0. The summed E-state index contributed by atoms with van der Waals surface area (Å²) in [5.74, 6) is -0.221. The summed E-state index contributed by atoms with van der Waals surface area (Å²) >= 11 is 0. The first-order chi connectivity index (χ1) is 6.22. The number of carbonyl (C=O) groups excluding carboxylic acids is 1. The number of rotatable bonds is 4. The van der Waals surface area contributed by atoms with Gasteiger partial charge in [-0.15, -0.1) is 0 Å². The number of hydrogen-bond acceptors (Lipinski definition) is 3. The van der Waals surface area contributed by atoms with Gasteiger partial charge < -0.3 is 0 Å². The molecule has 1 atom stereocenters. The average molecular weight is 200 g/mol. The maximum absolute atomic E-state index is 11.2. The third-order valence-corrected chi connectivity index (χ3v) is 1.70. The van der Waals surface area contributed by atoms with Gasteiger partial charge in [-0.3, -0.25) is 4.89 Å². The van der Waals surface area contributed by atoms with Crippen molar-refractivity contribution in [2.75, 3.05) is 0 Å². The minimum absolute atomic E-state index is 0.131. The van der Waals surface area contributed by atoms with Crippen LogP contribution in [-0.2, 0) is 14.6 Å². The molecule has 1 unspecified atom stereocenters. The summed E-state index contributed by atoms with van der Waals surface area (Å²) in [4.78, 5) is 20.8. The largest absolute Gasteiger partial charge is 0.342 e. The predicted molar refractivity (Wildman–Crippen MR) is 55.5 cm³/mol. The first kappa shape index (κ1) is 13.2. The highest BCUT2D eigenvalue weighted by Crippen LogP contribution is 2.14. The summed E-state index contributed by atoms with van der Waals surface area (Å²) in [6, 6.07) is 0. The molecule has 0 bridgehead atoms. The van der Waals surface area contributed by atoms with E-state index in [-0.39, 0.29) is 11.9 Å². The van der Waals surface area contributed by atoms with Gasteiger partial charge in [-0.1, -0.05) is 19.1 Å². The second-order valence-corrected chi connectivity index (χ2v) is 4.60. The summed E-state index contributed by atoms with van der Waals surface area (Å²) in [5.41, 5.74) is 0.514. The van der Waals surface area contributed by atoms with Gasteiger partial charge in [-0.05, 0) is 33.6 Å². The quantitative estimate of drug-likeness (QED) is 0.397. The molecule has 0 radical (unpaired) electrons. The Balaban J connectivity index is 3.83. The van der Waals surface area contributed by atoms with Gasteiger partial charge in [0.25, 0.3) is 0 Å². The van der Waals surface area contributed by atoms with Gasteiger partial charge in [-0.25, -0.2) is 4.79 Å². The molecular weight excluding hydrogens is 180 g/mol. The van der Waals surface area contributed by atoms with Crippen LogP contribution >= 0.6 is 0 Å². The van der Waals surface area contributed by atoms with Crippen molar-refractivity contribution < 1.29 is 14.6 Å². The first-order valence-electron chi connectivity index (χ1n) is 4.76. The number of allylic oxidation sites excluding steroid dienone is 1. The molecule has 82 valence electrons. The molecule has 0 saturated heterocycles. The van der Waals surface area contributed by atoms with Crippen molar-refractivity contribution >= 4 is 5.97 Å². The smallest absolute Gasteiger partial charge is 0.298 e. The molecule has 0 aliphatic heterocycles. The fourth-order valence-electron chi connectivity index (χ4n) is 0.630. The van der Waals surface area contributed by atoms with E-state index < -0.39 is 5.60 Å². The Kier molecular flexibility index (Phi) is 4.85. The van der Waals surface area contributed by atoms with Crippen LogP contribution in [0.25, 0.3) is 0 Å². The van der Waals surface area contributed by atoms with E-state index in [4.69, 9.17) is 4.89 Å². The van der Waals surface area contributed by atoms with Crippen LogP contribution in [0.1, 0.15) is 41.0 Å². The van der Waals surface area contributed by atoms with Crippen LogP contribution in [0.15, 0.2) is 12.2 Å². The molecule has 0 aromatic carbocycles. The van der Waals surface area contributed by atoms with Gasteiger partial charge in [0, 0.05) is 0 Å². The fourth-order valence-corrected chi connectivity index (χ4v) is 0.630. The van der Waals surface area contributed by atoms with E-state index in [9.17, 15) is 4.79 Å².